The second kappa shape index (κ2) is 4.41. The van der Waals surface area contributed by atoms with Gasteiger partial charge in [-0.05, 0) is 11.5 Å². The Morgan fingerprint density at radius 1 is 1.05 bits per heavy atom. The minimum absolute atomic E-state index is 0.347. The van der Waals surface area contributed by atoms with E-state index in [0.29, 0.717) is 28.7 Å². The molecule has 0 spiro atoms. The number of anilines is 3. The third-order valence-corrected chi connectivity index (χ3v) is 3.22. The van der Waals surface area contributed by atoms with Gasteiger partial charge in [0, 0.05) is 11.6 Å². The lowest BCUT2D eigenvalue weighted by Gasteiger charge is -2.07. The van der Waals surface area contributed by atoms with E-state index in [1.54, 1.807) is 6.20 Å². The molecule has 0 aliphatic rings. The summed E-state index contributed by atoms with van der Waals surface area (Å²) in [6, 6.07) is 9.90. The van der Waals surface area contributed by atoms with Crippen LogP contribution in [0.25, 0.3) is 21.9 Å². The lowest BCUT2D eigenvalue weighted by Crippen LogP contribution is -2.03. The summed E-state index contributed by atoms with van der Waals surface area (Å²) in [6.45, 7) is 0. The van der Waals surface area contributed by atoms with E-state index in [4.69, 9.17) is 5.73 Å². The number of fused-ring (bicyclic) bond motifs is 2. The Hall–Kier alpha value is -3.22. The molecule has 3 heterocycles. The highest BCUT2D eigenvalue weighted by atomic mass is 15.2. The Morgan fingerprint density at radius 2 is 1.95 bits per heavy atom. The van der Waals surface area contributed by atoms with Crippen LogP contribution in [0.1, 0.15) is 0 Å². The first-order valence-electron chi connectivity index (χ1n) is 6.38. The molecule has 0 saturated carbocycles. The van der Waals surface area contributed by atoms with E-state index < -0.39 is 0 Å². The van der Waals surface area contributed by atoms with Gasteiger partial charge in [0.1, 0.15) is 11.3 Å². The van der Waals surface area contributed by atoms with Crippen molar-refractivity contribution in [3.05, 3.63) is 42.9 Å². The number of H-pyrrole nitrogens is 1. The van der Waals surface area contributed by atoms with Gasteiger partial charge in [0.25, 0.3) is 0 Å². The standard InChI is InChI=1S/C14H11N7/c15-11-10-13(18-7-17-10)21-14(19-11)20-12-9-4-2-1-3-8(9)5-6-16-12/h1-7H,(H4,15,16,17,18,19,20,21). The van der Waals surface area contributed by atoms with E-state index in [2.05, 4.69) is 30.2 Å². The van der Waals surface area contributed by atoms with Crippen LogP contribution < -0.4 is 11.1 Å². The molecule has 0 aliphatic carbocycles. The molecule has 7 heteroatoms. The highest BCUT2D eigenvalue weighted by molar-refractivity contribution is 5.93. The molecule has 4 rings (SSSR count). The molecular weight excluding hydrogens is 266 g/mol. The van der Waals surface area contributed by atoms with Crippen LogP contribution in [-0.4, -0.2) is 24.9 Å². The fourth-order valence-electron chi connectivity index (χ4n) is 2.24. The highest BCUT2D eigenvalue weighted by Crippen LogP contribution is 2.24. The van der Waals surface area contributed by atoms with Gasteiger partial charge in [-0.3, -0.25) is 0 Å². The molecule has 102 valence electrons. The van der Waals surface area contributed by atoms with Gasteiger partial charge in [-0.2, -0.15) is 9.97 Å². The fraction of sp³-hybridized carbons (Fsp3) is 0. The van der Waals surface area contributed by atoms with E-state index in [0.717, 1.165) is 10.8 Å². The number of hydrogen-bond acceptors (Lipinski definition) is 6. The van der Waals surface area contributed by atoms with Gasteiger partial charge in [-0.25, -0.2) is 9.97 Å². The van der Waals surface area contributed by atoms with Crippen LogP contribution in [0.15, 0.2) is 42.9 Å². The molecule has 0 bridgehead atoms. The normalized spacial score (nSPS) is 11.0. The Morgan fingerprint density at radius 3 is 2.90 bits per heavy atom. The summed E-state index contributed by atoms with van der Waals surface area (Å²) in [7, 11) is 0. The minimum atomic E-state index is 0.347. The van der Waals surface area contributed by atoms with Gasteiger partial charge >= 0.3 is 0 Å². The van der Waals surface area contributed by atoms with Crippen molar-refractivity contribution in [2.24, 2.45) is 0 Å². The molecule has 4 aromatic rings. The number of rotatable bonds is 2. The number of nitrogens with two attached hydrogens (primary N) is 1. The van der Waals surface area contributed by atoms with Crippen LogP contribution in [0.5, 0.6) is 0 Å². The van der Waals surface area contributed by atoms with Crippen LogP contribution in [0.4, 0.5) is 17.6 Å². The van der Waals surface area contributed by atoms with Crippen molar-refractivity contribution in [3.63, 3.8) is 0 Å². The predicted molar refractivity (Wildman–Crippen MR) is 81.1 cm³/mol. The van der Waals surface area contributed by atoms with Crippen molar-refractivity contribution in [2.45, 2.75) is 0 Å². The zero-order valence-corrected chi connectivity index (χ0v) is 10.9. The molecule has 0 radical (unpaired) electrons. The van der Waals surface area contributed by atoms with Crippen molar-refractivity contribution in [2.75, 3.05) is 11.1 Å². The molecule has 3 aromatic heterocycles. The van der Waals surface area contributed by atoms with Crippen molar-refractivity contribution < 1.29 is 0 Å². The third kappa shape index (κ3) is 1.91. The Balaban J connectivity index is 1.82. The Bertz CT molecular complexity index is 939. The molecule has 4 N–H and O–H groups in total. The van der Waals surface area contributed by atoms with Crippen molar-refractivity contribution in [3.8, 4) is 0 Å². The summed E-state index contributed by atoms with van der Waals surface area (Å²) >= 11 is 0. The lowest BCUT2D eigenvalue weighted by molar-refractivity contribution is 1.18. The van der Waals surface area contributed by atoms with E-state index in [1.807, 2.05) is 30.3 Å². The average molecular weight is 277 g/mol. The molecule has 0 fully saturated rings. The molecule has 21 heavy (non-hydrogen) atoms. The number of hydrogen-bond donors (Lipinski definition) is 3. The maximum Gasteiger partial charge on any atom is 0.232 e. The maximum absolute atomic E-state index is 5.88. The van der Waals surface area contributed by atoms with Gasteiger partial charge in [0.15, 0.2) is 11.5 Å². The summed E-state index contributed by atoms with van der Waals surface area (Å²) in [6.07, 6.45) is 3.27. The zero-order valence-electron chi connectivity index (χ0n) is 10.9. The number of nitrogens with zero attached hydrogens (tertiary/aromatic N) is 4. The van der Waals surface area contributed by atoms with E-state index >= 15 is 0 Å². The quantitative estimate of drug-likeness (QED) is 0.519. The number of aromatic amines is 1. The Kier molecular flexibility index (Phi) is 2.43. The molecule has 7 nitrogen and oxygen atoms in total. The molecule has 0 saturated heterocycles. The maximum atomic E-state index is 5.88. The summed E-state index contributed by atoms with van der Waals surface area (Å²) < 4.78 is 0. The van der Waals surface area contributed by atoms with Crippen LogP contribution in [0, 0.1) is 0 Å². The SMILES string of the molecule is Nc1nc(Nc2nccc3ccccc23)nc2nc[nH]c12. The van der Waals surface area contributed by atoms with Gasteiger partial charge in [-0.15, -0.1) is 0 Å². The molecular formula is C14H11N7. The van der Waals surface area contributed by atoms with E-state index in [1.165, 1.54) is 6.33 Å². The molecule has 0 atom stereocenters. The molecule has 0 aliphatic heterocycles. The number of imidazole rings is 1. The van der Waals surface area contributed by atoms with Crippen molar-refractivity contribution >= 4 is 39.5 Å². The van der Waals surface area contributed by atoms with Crippen LogP contribution in [0.3, 0.4) is 0 Å². The predicted octanol–water partition coefficient (Wildman–Crippen LogP) is 2.23. The summed E-state index contributed by atoms with van der Waals surface area (Å²) in [4.78, 5) is 19.9. The third-order valence-electron chi connectivity index (χ3n) is 3.22. The molecule has 1 aromatic carbocycles. The van der Waals surface area contributed by atoms with E-state index in [-0.39, 0.29) is 0 Å². The number of pyridine rings is 1. The largest absolute Gasteiger partial charge is 0.382 e. The Labute approximate surface area is 119 Å². The first-order valence-corrected chi connectivity index (χ1v) is 6.38. The molecule has 0 unspecified atom stereocenters. The van der Waals surface area contributed by atoms with Gasteiger partial charge in [-0.1, -0.05) is 24.3 Å². The van der Waals surface area contributed by atoms with Crippen LogP contribution in [0.2, 0.25) is 0 Å². The topological polar surface area (TPSA) is 105 Å². The number of benzene rings is 1. The monoisotopic (exact) mass is 277 g/mol. The van der Waals surface area contributed by atoms with Crippen molar-refractivity contribution in [1.82, 2.24) is 24.9 Å². The van der Waals surface area contributed by atoms with Gasteiger partial charge < -0.3 is 16.0 Å². The van der Waals surface area contributed by atoms with Crippen molar-refractivity contribution in [1.29, 1.82) is 0 Å². The summed E-state index contributed by atoms with van der Waals surface area (Å²) in [5.74, 6) is 1.40. The second-order valence-electron chi connectivity index (χ2n) is 4.54. The second-order valence-corrected chi connectivity index (χ2v) is 4.54. The number of nitrogen functional groups attached to an aromatic ring is 1. The fourth-order valence-corrected chi connectivity index (χ4v) is 2.24. The smallest absolute Gasteiger partial charge is 0.232 e. The summed E-state index contributed by atoms with van der Waals surface area (Å²) in [5.41, 5.74) is 7.03. The number of nitrogens with one attached hydrogen (secondary N) is 2. The first-order chi connectivity index (χ1) is 10.3. The first kappa shape index (κ1) is 11.6. The van der Waals surface area contributed by atoms with Gasteiger partial charge in [0.05, 0.1) is 6.33 Å². The van der Waals surface area contributed by atoms with Crippen LogP contribution >= 0.6 is 0 Å². The zero-order chi connectivity index (χ0) is 14.2. The van der Waals surface area contributed by atoms with Crippen LogP contribution in [-0.2, 0) is 0 Å². The van der Waals surface area contributed by atoms with Gasteiger partial charge in [0.2, 0.25) is 5.95 Å². The van der Waals surface area contributed by atoms with E-state index in [9.17, 15) is 0 Å². The lowest BCUT2D eigenvalue weighted by atomic mass is 10.1. The minimum Gasteiger partial charge on any atom is -0.382 e. The number of aromatic nitrogens is 5. The summed E-state index contributed by atoms with van der Waals surface area (Å²) in [5, 5.41) is 5.18. The average Bonchev–Trinajstić information content (AvgIpc) is 2.97. The molecule has 0 amide bonds. The highest BCUT2D eigenvalue weighted by Gasteiger charge is 2.09.